The Bertz CT molecular complexity index is 773. The number of unbranched alkanes of at least 4 members (excludes halogenated alkanes) is 1. The van der Waals surface area contributed by atoms with Gasteiger partial charge in [-0.25, -0.2) is 0 Å². The van der Waals surface area contributed by atoms with Crippen LogP contribution in [0.25, 0.3) is 0 Å². The van der Waals surface area contributed by atoms with E-state index in [1.807, 2.05) is 0 Å². The van der Waals surface area contributed by atoms with Gasteiger partial charge in [0.15, 0.2) is 0 Å². The zero-order chi connectivity index (χ0) is 19.0. The molecule has 0 aliphatic heterocycles. The Kier molecular flexibility index (Phi) is 6.74. The molecule has 0 atom stereocenters. The molecule has 27 heavy (non-hydrogen) atoms. The summed E-state index contributed by atoms with van der Waals surface area (Å²) in [6.07, 6.45) is 4.76. The molecule has 0 fully saturated rings. The van der Waals surface area contributed by atoms with Gasteiger partial charge in [0.05, 0.1) is 5.82 Å². The summed E-state index contributed by atoms with van der Waals surface area (Å²) in [5.41, 5.74) is 0. The predicted molar refractivity (Wildman–Crippen MR) is 119 cm³/mol. The standard InChI is InChI=1S/C25H26OP/c1-22(26)14-6-5-13-21-27(23-15-7-2-8-16-23,24-17-9-3-10-18-24)25-19-11-4-12-20-25/h2-4,7-13,15-21H,5-6,14H2,1H3/q+1. The third-order valence-corrected chi connectivity index (χ3v) is 8.72. The molecule has 3 aromatic rings. The zero-order valence-electron chi connectivity index (χ0n) is 15.8. The average molecular weight is 373 g/mol. The molecule has 0 unspecified atom stereocenters. The number of ketones is 1. The van der Waals surface area contributed by atoms with Crippen LogP contribution >= 0.6 is 7.26 Å². The first-order valence-electron chi connectivity index (χ1n) is 9.46. The van der Waals surface area contributed by atoms with Crippen LogP contribution in [0.2, 0.25) is 0 Å². The van der Waals surface area contributed by atoms with E-state index in [0.29, 0.717) is 6.42 Å². The number of carbonyl (C=O) groups excluding carboxylic acids is 1. The molecule has 136 valence electrons. The van der Waals surface area contributed by atoms with Gasteiger partial charge >= 0.3 is 0 Å². The third kappa shape index (κ3) is 4.62. The zero-order valence-corrected chi connectivity index (χ0v) is 16.7. The fourth-order valence-corrected chi connectivity index (χ4v) is 7.20. The van der Waals surface area contributed by atoms with E-state index >= 15 is 0 Å². The largest absolute Gasteiger partial charge is 0.300 e. The molecular formula is C25H26OP+. The maximum atomic E-state index is 11.3. The number of benzene rings is 3. The molecule has 0 spiro atoms. The highest BCUT2D eigenvalue weighted by Crippen LogP contribution is 2.56. The van der Waals surface area contributed by atoms with E-state index in [9.17, 15) is 4.79 Å². The Morgan fingerprint density at radius 2 is 1.15 bits per heavy atom. The quantitative estimate of drug-likeness (QED) is 0.389. The molecule has 0 N–H and O–H groups in total. The van der Waals surface area contributed by atoms with Crippen molar-refractivity contribution in [3.8, 4) is 0 Å². The van der Waals surface area contributed by atoms with Gasteiger partial charge in [0.1, 0.15) is 29.0 Å². The van der Waals surface area contributed by atoms with Crippen molar-refractivity contribution < 1.29 is 4.79 Å². The van der Waals surface area contributed by atoms with E-state index in [1.165, 1.54) is 15.9 Å². The summed E-state index contributed by atoms with van der Waals surface area (Å²) >= 11 is 0. The fraction of sp³-hybridized carbons (Fsp3) is 0.160. The lowest BCUT2D eigenvalue weighted by atomic mass is 10.2. The summed E-state index contributed by atoms with van der Waals surface area (Å²) in [5.74, 6) is 2.69. The molecule has 0 saturated heterocycles. The lowest BCUT2D eigenvalue weighted by molar-refractivity contribution is -0.117. The second-order valence-corrected chi connectivity index (χ2v) is 10.0. The second kappa shape index (κ2) is 9.44. The van der Waals surface area contributed by atoms with Crippen LogP contribution in [0, 0.1) is 0 Å². The Morgan fingerprint density at radius 3 is 1.52 bits per heavy atom. The van der Waals surface area contributed by atoms with Crippen molar-refractivity contribution in [1.29, 1.82) is 0 Å². The van der Waals surface area contributed by atoms with Crippen molar-refractivity contribution in [3.63, 3.8) is 0 Å². The molecule has 0 amide bonds. The first-order valence-corrected chi connectivity index (χ1v) is 11.3. The number of rotatable bonds is 8. The molecule has 0 heterocycles. The van der Waals surface area contributed by atoms with Crippen LogP contribution in [0.4, 0.5) is 0 Å². The van der Waals surface area contributed by atoms with Crippen LogP contribution in [-0.4, -0.2) is 5.78 Å². The normalized spacial score (nSPS) is 11.6. The number of hydrogen-bond donors (Lipinski definition) is 0. The Hall–Kier alpha value is -2.50. The number of carbonyl (C=O) groups is 1. The smallest absolute Gasteiger partial charge is 0.136 e. The summed E-state index contributed by atoms with van der Waals surface area (Å²) in [5, 5.41) is 4.06. The van der Waals surface area contributed by atoms with Crippen molar-refractivity contribution in [2.24, 2.45) is 0 Å². The molecule has 0 aromatic heterocycles. The van der Waals surface area contributed by atoms with Gasteiger partial charge in [-0.15, -0.1) is 0 Å². The minimum absolute atomic E-state index is 0.263. The molecule has 0 bridgehead atoms. The number of hydrogen-bond acceptors (Lipinski definition) is 1. The predicted octanol–water partition coefficient (Wildman–Crippen LogP) is 5.25. The van der Waals surface area contributed by atoms with E-state index in [0.717, 1.165) is 12.8 Å². The van der Waals surface area contributed by atoms with E-state index in [4.69, 9.17) is 0 Å². The maximum Gasteiger partial charge on any atom is 0.136 e. The van der Waals surface area contributed by atoms with Crippen molar-refractivity contribution in [2.75, 3.05) is 0 Å². The van der Waals surface area contributed by atoms with E-state index in [-0.39, 0.29) is 5.78 Å². The van der Waals surface area contributed by atoms with Gasteiger partial charge in [0, 0.05) is 6.42 Å². The van der Waals surface area contributed by atoms with Crippen molar-refractivity contribution >= 4 is 29.0 Å². The van der Waals surface area contributed by atoms with E-state index in [2.05, 4.69) is 103 Å². The summed E-state index contributed by atoms with van der Waals surface area (Å²) < 4.78 is 0. The van der Waals surface area contributed by atoms with Gasteiger partial charge in [-0.3, -0.25) is 0 Å². The molecule has 0 aliphatic rings. The molecule has 2 heteroatoms. The van der Waals surface area contributed by atoms with Crippen LogP contribution in [0.15, 0.2) is 103 Å². The first kappa shape index (κ1) is 19.3. The molecule has 3 rings (SSSR count). The Labute approximate surface area is 163 Å². The number of Topliss-reactive ketones (excluding diaryl/α,β-unsaturated/α-hetero) is 1. The molecule has 0 aliphatic carbocycles. The maximum absolute atomic E-state index is 11.3. The highest BCUT2D eigenvalue weighted by Gasteiger charge is 2.42. The second-order valence-electron chi connectivity index (χ2n) is 6.71. The Balaban J connectivity index is 2.11. The summed E-state index contributed by atoms with van der Waals surface area (Å²) in [6, 6.07) is 32.4. The average Bonchev–Trinajstić information content (AvgIpc) is 2.73. The highest BCUT2D eigenvalue weighted by atomic mass is 31.2. The minimum Gasteiger partial charge on any atom is -0.300 e. The fourth-order valence-electron chi connectivity index (χ4n) is 3.40. The van der Waals surface area contributed by atoms with Gasteiger partial charge in [-0.05, 0) is 62.2 Å². The van der Waals surface area contributed by atoms with Gasteiger partial charge in [-0.1, -0.05) is 54.6 Å². The lowest BCUT2D eigenvalue weighted by Crippen LogP contribution is -2.29. The summed E-state index contributed by atoms with van der Waals surface area (Å²) in [6.45, 7) is 1.67. The van der Waals surface area contributed by atoms with Crippen molar-refractivity contribution in [2.45, 2.75) is 26.2 Å². The molecule has 3 aromatic carbocycles. The van der Waals surface area contributed by atoms with E-state index in [1.54, 1.807) is 6.92 Å². The third-order valence-electron chi connectivity index (χ3n) is 4.72. The van der Waals surface area contributed by atoms with Gasteiger partial charge in [0.25, 0.3) is 0 Å². The Morgan fingerprint density at radius 1 is 0.741 bits per heavy atom. The number of allylic oxidation sites excluding steroid dienone is 1. The summed E-state index contributed by atoms with van der Waals surface area (Å²) in [7, 11) is -1.88. The molecule has 0 radical (unpaired) electrons. The van der Waals surface area contributed by atoms with Crippen molar-refractivity contribution in [1.82, 2.24) is 0 Å². The minimum atomic E-state index is -1.88. The lowest BCUT2D eigenvalue weighted by Gasteiger charge is -2.24. The molecule has 0 saturated carbocycles. The van der Waals surface area contributed by atoms with Crippen LogP contribution in [0.3, 0.4) is 0 Å². The SMILES string of the molecule is CC(=O)CCCC=C[P+](c1ccccc1)(c1ccccc1)c1ccccc1. The van der Waals surface area contributed by atoms with Gasteiger partial charge in [-0.2, -0.15) is 0 Å². The summed E-state index contributed by atoms with van der Waals surface area (Å²) in [4.78, 5) is 11.3. The van der Waals surface area contributed by atoms with Gasteiger partial charge in [0.2, 0.25) is 0 Å². The first-order chi connectivity index (χ1) is 13.2. The van der Waals surface area contributed by atoms with Gasteiger partial charge < -0.3 is 4.79 Å². The molecule has 1 nitrogen and oxygen atoms in total. The van der Waals surface area contributed by atoms with Crippen LogP contribution in [-0.2, 0) is 4.79 Å². The molecular weight excluding hydrogens is 347 g/mol. The van der Waals surface area contributed by atoms with Crippen molar-refractivity contribution in [3.05, 3.63) is 103 Å². The van der Waals surface area contributed by atoms with Crippen LogP contribution < -0.4 is 15.9 Å². The van der Waals surface area contributed by atoms with Crippen LogP contribution in [0.5, 0.6) is 0 Å². The highest BCUT2D eigenvalue weighted by molar-refractivity contribution is 7.98. The monoisotopic (exact) mass is 373 g/mol. The topological polar surface area (TPSA) is 17.1 Å². The van der Waals surface area contributed by atoms with E-state index < -0.39 is 7.26 Å². The van der Waals surface area contributed by atoms with Crippen LogP contribution in [0.1, 0.15) is 26.2 Å².